The normalized spacial score (nSPS) is 10.8. The van der Waals surface area contributed by atoms with E-state index in [9.17, 15) is 14.9 Å². The van der Waals surface area contributed by atoms with E-state index in [4.69, 9.17) is 0 Å². The van der Waals surface area contributed by atoms with E-state index in [1.807, 2.05) is 6.07 Å². The lowest BCUT2D eigenvalue weighted by molar-refractivity contribution is -0.385. The summed E-state index contributed by atoms with van der Waals surface area (Å²) in [6.45, 7) is 0.237. The van der Waals surface area contributed by atoms with Gasteiger partial charge in [-0.2, -0.15) is 0 Å². The molecule has 4 aromatic rings. The molecule has 4 rings (SSSR count). The molecule has 0 spiro atoms. The first-order chi connectivity index (χ1) is 13.1. The van der Waals surface area contributed by atoms with Crippen molar-refractivity contribution in [3.8, 4) is 5.82 Å². The second kappa shape index (κ2) is 6.67. The van der Waals surface area contributed by atoms with Crippen LogP contribution in [0.1, 0.15) is 5.56 Å². The second-order valence-electron chi connectivity index (χ2n) is 5.65. The number of aromatic nitrogens is 5. The number of imidazole rings is 1. The monoisotopic (exact) mass is 363 g/mol. The van der Waals surface area contributed by atoms with Crippen molar-refractivity contribution in [1.82, 2.24) is 23.9 Å². The van der Waals surface area contributed by atoms with Gasteiger partial charge in [0.1, 0.15) is 17.8 Å². The van der Waals surface area contributed by atoms with Gasteiger partial charge in [-0.1, -0.05) is 6.07 Å². The highest BCUT2D eigenvalue weighted by Crippen LogP contribution is 2.19. The lowest BCUT2D eigenvalue weighted by Gasteiger charge is -2.09. The van der Waals surface area contributed by atoms with E-state index in [-0.39, 0.29) is 12.4 Å². The van der Waals surface area contributed by atoms with Gasteiger partial charge in [-0.05, 0) is 29.8 Å². The van der Waals surface area contributed by atoms with Gasteiger partial charge < -0.3 is 5.32 Å². The second-order valence-corrected chi connectivity index (χ2v) is 5.65. The van der Waals surface area contributed by atoms with Gasteiger partial charge in [-0.25, -0.2) is 15.0 Å². The van der Waals surface area contributed by atoms with Crippen molar-refractivity contribution in [3.05, 3.63) is 87.5 Å². The van der Waals surface area contributed by atoms with Gasteiger partial charge >= 0.3 is 11.2 Å². The van der Waals surface area contributed by atoms with Crippen molar-refractivity contribution in [3.63, 3.8) is 0 Å². The molecule has 0 unspecified atom stereocenters. The highest BCUT2D eigenvalue weighted by Gasteiger charge is 2.23. The molecule has 0 fully saturated rings. The van der Waals surface area contributed by atoms with Gasteiger partial charge in [0.05, 0.1) is 4.92 Å². The molecule has 10 heteroatoms. The summed E-state index contributed by atoms with van der Waals surface area (Å²) >= 11 is 0. The summed E-state index contributed by atoms with van der Waals surface area (Å²) in [4.78, 5) is 35.6. The average Bonchev–Trinajstić information content (AvgIpc) is 3.21. The molecule has 0 aromatic carbocycles. The fraction of sp³-hybridized carbons (Fsp3) is 0.0588. The van der Waals surface area contributed by atoms with Crippen LogP contribution >= 0.6 is 0 Å². The Hall–Kier alpha value is -4.08. The summed E-state index contributed by atoms with van der Waals surface area (Å²) in [7, 11) is 0. The van der Waals surface area contributed by atoms with Crippen molar-refractivity contribution >= 4 is 17.2 Å². The van der Waals surface area contributed by atoms with Crippen LogP contribution in [0.4, 0.5) is 11.5 Å². The Morgan fingerprint density at radius 3 is 2.85 bits per heavy atom. The number of nitro groups is 1. The van der Waals surface area contributed by atoms with Crippen LogP contribution in [0.3, 0.4) is 0 Å². The molecule has 0 amide bonds. The van der Waals surface area contributed by atoms with Crippen LogP contribution in [0.2, 0.25) is 0 Å². The molecular formula is C17H13N7O3. The van der Waals surface area contributed by atoms with Crippen molar-refractivity contribution < 1.29 is 4.92 Å². The maximum absolute atomic E-state index is 12.4. The molecule has 4 aromatic heterocycles. The Kier molecular flexibility index (Phi) is 4.05. The topological polar surface area (TPSA) is 120 Å². The van der Waals surface area contributed by atoms with Crippen LogP contribution in [-0.4, -0.2) is 28.8 Å². The molecule has 0 aliphatic heterocycles. The minimum Gasteiger partial charge on any atom is -0.360 e. The zero-order chi connectivity index (χ0) is 18.8. The van der Waals surface area contributed by atoms with Gasteiger partial charge in [0.15, 0.2) is 0 Å². The number of fused-ring (bicyclic) bond motifs is 1. The van der Waals surface area contributed by atoms with Crippen LogP contribution < -0.4 is 10.9 Å². The fourth-order valence-electron chi connectivity index (χ4n) is 2.66. The molecular weight excluding hydrogens is 350 g/mol. The van der Waals surface area contributed by atoms with Crippen molar-refractivity contribution in [1.29, 1.82) is 0 Å². The summed E-state index contributed by atoms with van der Waals surface area (Å²) < 4.78 is 2.89. The lowest BCUT2D eigenvalue weighted by Crippen LogP contribution is -2.21. The fourth-order valence-corrected chi connectivity index (χ4v) is 2.66. The van der Waals surface area contributed by atoms with Crippen LogP contribution in [0.5, 0.6) is 0 Å². The molecule has 1 N–H and O–H groups in total. The summed E-state index contributed by atoms with van der Waals surface area (Å²) in [5.41, 5.74) is -0.188. The number of pyridine rings is 2. The first-order valence-electron chi connectivity index (χ1n) is 7.96. The SMILES string of the molecule is O=c1c([N+](=O)[O-])c(NCc2ccnc(-n3ccnc3)c2)nc2ccccn12. The highest BCUT2D eigenvalue weighted by molar-refractivity contribution is 5.60. The zero-order valence-corrected chi connectivity index (χ0v) is 13.9. The molecule has 0 atom stereocenters. The van der Waals surface area contributed by atoms with E-state index >= 15 is 0 Å². The average molecular weight is 363 g/mol. The maximum Gasteiger partial charge on any atom is 0.376 e. The van der Waals surface area contributed by atoms with Crippen LogP contribution in [-0.2, 0) is 6.54 Å². The molecule has 4 heterocycles. The molecule has 134 valence electrons. The minimum absolute atomic E-state index is 0.0720. The van der Waals surface area contributed by atoms with Crippen molar-refractivity contribution in [2.45, 2.75) is 6.54 Å². The van der Waals surface area contributed by atoms with E-state index in [1.165, 1.54) is 6.20 Å². The summed E-state index contributed by atoms with van der Waals surface area (Å²) in [6, 6.07) is 8.51. The predicted octanol–water partition coefficient (Wildman–Crippen LogP) is 1.80. The van der Waals surface area contributed by atoms with E-state index in [1.54, 1.807) is 53.8 Å². The van der Waals surface area contributed by atoms with Gasteiger partial charge in [0.2, 0.25) is 5.82 Å². The Morgan fingerprint density at radius 2 is 2.07 bits per heavy atom. The van der Waals surface area contributed by atoms with Gasteiger partial charge in [-0.15, -0.1) is 0 Å². The third kappa shape index (κ3) is 3.11. The molecule has 0 aliphatic carbocycles. The van der Waals surface area contributed by atoms with E-state index in [0.29, 0.717) is 11.5 Å². The quantitative estimate of drug-likeness (QED) is 0.424. The third-order valence-electron chi connectivity index (χ3n) is 3.93. The number of hydrogen-bond acceptors (Lipinski definition) is 7. The maximum atomic E-state index is 12.4. The Bertz CT molecular complexity index is 1180. The Morgan fingerprint density at radius 1 is 1.19 bits per heavy atom. The van der Waals surface area contributed by atoms with Crippen LogP contribution in [0.15, 0.2) is 66.2 Å². The van der Waals surface area contributed by atoms with E-state index in [2.05, 4.69) is 20.3 Å². The molecule has 0 radical (unpaired) electrons. The predicted molar refractivity (Wildman–Crippen MR) is 96.8 cm³/mol. The number of hydrogen-bond donors (Lipinski definition) is 1. The van der Waals surface area contributed by atoms with E-state index < -0.39 is 16.2 Å². The van der Waals surface area contributed by atoms with Crippen molar-refractivity contribution in [2.24, 2.45) is 0 Å². The van der Waals surface area contributed by atoms with Gasteiger partial charge in [0.25, 0.3) is 0 Å². The van der Waals surface area contributed by atoms with Crippen LogP contribution in [0, 0.1) is 10.1 Å². The Balaban J connectivity index is 1.68. The highest BCUT2D eigenvalue weighted by atomic mass is 16.6. The molecule has 27 heavy (non-hydrogen) atoms. The van der Waals surface area contributed by atoms with E-state index in [0.717, 1.165) is 9.96 Å². The van der Waals surface area contributed by atoms with Crippen molar-refractivity contribution in [2.75, 3.05) is 5.32 Å². The zero-order valence-electron chi connectivity index (χ0n) is 13.9. The third-order valence-corrected chi connectivity index (χ3v) is 3.93. The summed E-state index contributed by atoms with van der Waals surface area (Å²) in [6.07, 6.45) is 8.10. The standard InChI is InChI=1S/C17H13N7O3/c25-17-15(24(26)27)16(21-13-3-1-2-7-23(13)17)20-10-12-4-5-19-14(9-12)22-8-6-18-11-22/h1-9,11,20H,10H2. The smallest absolute Gasteiger partial charge is 0.360 e. The molecule has 0 aliphatic rings. The largest absolute Gasteiger partial charge is 0.376 e. The molecule has 0 saturated carbocycles. The van der Waals surface area contributed by atoms with Crippen LogP contribution in [0.25, 0.3) is 11.5 Å². The van der Waals surface area contributed by atoms with Gasteiger partial charge in [-0.3, -0.25) is 23.9 Å². The Labute approximate surface area is 151 Å². The number of rotatable bonds is 5. The first kappa shape index (κ1) is 16.4. The summed E-state index contributed by atoms with van der Waals surface area (Å²) in [5.74, 6) is 0.588. The number of nitrogens with zero attached hydrogens (tertiary/aromatic N) is 6. The first-order valence-corrected chi connectivity index (χ1v) is 7.96. The van der Waals surface area contributed by atoms with Gasteiger partial charge in [0, 0.05) is 31.3 Å². The molecule has 0 saturated heterocycles. The minimum atomic E-state index is -0.734. The number of anilines is 1. The molecule has 0 bridgehead atoms. The molecule has 10 nitrogen and oxygen atoms in total. The lowest BCUT2D eigenvalue weighted by atomic mass is 10.2. The summed E-state index contributed by atoms with van der Waals surface area (Å²) in [5, 5.41) is 14.3. The number of nitrogens with one attached hydrogen (secondary N) is 1.